The summed E-state index contributed by atoms with van der Waals surface area (Å²) >= 11 is 0. The first-order valence-corrected chi connectivity index (χ1v) is 3.04. The number of hydrogen-bond donors (Lipinski definition) is 1. The van der Waals surface area contributed by atoms with Crippen molar-refractivity contribution in [2.45, 2.75) is 6.92 Å². The molecule has 0 unspecified atom stereocenters. The molecule has 0 spiro atoms. The molecule has 0 saturated heterocycles. The zero-order valence-electron chi connectivity index (χ0n) is 3.79. The Morgan fingerprint density at radius 1 is 1.71 bits per heavy atom. The van der Waals surface area contributed by atoms with E-state index in [-0.39, 0.29) is 6.61 Å². The molecule has 5 heteroatoms. The Bertz CT molecular complexity index is 123. The lowest BCUT2D eigenvalue weighted by Gasteiger charge is -1.88. The van der Waals surface area contributed by atoms with Gasteiger partial charge in [-0.3, -0.25) is 4.55 Å². The van der Waals surface area contributed by atoms with Crippen LogP contribution in [0, 0.1) is 0 Å². The summed E-state index contributed by atoms with van der Waals surface area (Å²) in [4.78, 5) is 0. The first-order chi connectivity index (χ1) is 3.06. The van der Waals surface area contributed by atoms with Crippen LogP contribution in [0.5, 0.6) is 0 Å². The molecule has 0 aromatic rings. The van der Waals surface area contributed by atoms with Crippen molar-refractivity contribution in [3.05, 3.63) is 0 Å². The highest BCUT2D eigenvalue weighted by Gasteiger charge is 1.98. The number of hydrogen-bond acceptors (Lipinski definition) is 3. The van der Waals surface area contributed by atoms with Gasteiger partial charge in [0.05, 0.1) is 6.61 Å². The quantitative estimate of drug-likeness (QED) is 0.521. The molecule has 44 valence electrons. The molecule has 0 atom stereocenters. The average Bonchev–Trinajstić information content (AvgIpc) is 1.30. The molecule has 1 N–H and O–H groups in total. The summed E-state index contributed by atoms with van der Waals surface area (Å²) in [6.45, 7) is 1.44. The minimum Gasteiger partial charge on any atom is -0.264 e. The summed E-state index contributed by atoms with van der Waals surface area (Å²) in [5, 5.41) is 0. The second-order valence-electron chi connectivity index (χ2n) is 0.834. The summed E-state index contributed by atoms with van der Waals surface area (Å²) < 4.78 is 30.7. The first kappa shape index (κ1) is 6.87. The molecule has 0 aliphatic heterocycles. The van der Waals surface area contributed by atoms with Crippen molar-refractivity contribution in [1.82, 2.24) is 0 Å². The maximum absolute atomic E-state index is 9.56. The van der Waals surface area contributed by atoms with Gasteiger partial charge < -0.3 is 0 Å². The van der Waals surface area contributed by atoms with E-state index in [2.05, 4.69) is 4.18 Å². The van der Waals surface area contributed by atoms with E-state index in [1.54, 1.807) is 0 Å². The first-order valence-electron chi connectivity index (χ1n) is 1.68. The molecule has 0 saturated carbocycles. The predicted octanol–water partition coefficient (Wildman–Crippen LogP) is -0.174. The van der Waals surface area contributed by atoms with E-state index in [9.17, 15) is 8.42 Å². The topological polar surface area (TPSA) is 63.6 Å². The van der Waals surface area contributed by atoms with Gasteiger partial charge in [0.25, 0.3) is 0 Å². The van der Waals surface area contributed by atoms with Crippen molar-refractivity contribution in [2.75, 3.05) is 6.61 Å². The van der Waals surface area contributed by atoms with E-state index in [1.807, 2.05) is 0 Å². The lowest BCUT2D eigenvalue weighted by atomic mass is 10.9. The predicted molar refractivity (Wildman–Crippen MR) is 23.2 cm³/mol. The normalized spacial score (nSPS) is 11.7. The molecule has 4 nitrogen and oxygen atoms in total. The highest BCUT2D eigenvalue weighted by molar-refractivity contribution is 7.80. The van der Waals surface area contributed by atoms with E-state index in [1.165, 1.54) is 6.92 Å². The molecule has 0 rings (SSSR count). The molecule has 0 heterocycles. The van der Waals surface area contributed by atoms with Gasteiger partial charge in [0, 0.05) is 0 Å². The van der Waals surface area contributed by atoms with Crippen LogP contribution in [-0.2, 0) is 14.6 Å². The van der Waals surface area contributed by atoms with Gasteiger partial charge >= 0.3 is 10.4 Å². The Hall–Kier alpha value is -0.130. The fraction of sp³-hybridized carbons (Fsp3) is 1.00. The third kappa shape index (κ3) is 5.87. The summed E-state index contributed by atoms with van der Waals surface area (Å²) in [5.41, 5.74) is 0. The lowest BCUT2D eigenvalue weighted by Crippen LogP contribution is -2.01. The lowest BCUT2D eigenvalue weighted by molar-refractivity contribution is 0.283. The summed E-state index contributed by atoms with van der Waals surface area (Å²) in [6.07, 6.45) is 0. The monoisotopic (exact) mass is 126 g/mol. The van der Waals surface area contributed by atoms with Gasteiger partial charge in [-0.05, 0) is 6.92 Å². The molecule has 0 aliphatic rings. The maximum Gasteiger partial charge on any atom is 0.397 e. The minimum absolute atomic E-state index is 0.0289. The zero-order valence-corrected chi connectivity index (χ0v) is 4.60. The van der Waals surface area contributed by atoms with Gasteiger partial charge in [0.2, 0.25) is 0 Å². The Morgan fingerprint density at radius 2 is 2.14 bits per heavy atom. The van der Waals surface area contributed by atoms with Gasteiger partial charge in [0.1, 0.15) is 0 Å². The Morgan fingerprint density at radius 3 is 2.14 bits per heavy atom. The van der Waals surface area contributed by atoms with E-state index < -0.39 is 10.4 Å². The highest BCUT2D eigenvalue weighted by Crippen LogP contribution is 1.81. The van der Waals surface area contributed by atoms with Crippen molar-refractivity contribution in [3.63, 3.8) is 0 Å². The summed E-state index contributed by atoms with van der Waals surface area (Å²) in [5.74, 6) is 0. The second kappa shape index (κ2) is 2.25. The van der Waals surface area contributed by atoms with E-state index in [0.29, 0.717) is 0 Å². The van der Waals surface area contributed by atoms with Crippen LogP contribution < -0.4 is 0 Å². The average molecular weight is 126 g/mol. The van der Waals surface area contributed by atoms with E-state index in [0.717, 1.165) is 0 Å². The molecule has 0 aromatic carbocycles. The SMILES string of the molecule is CCOS(=O)(=O)O. The van der Waals surface area contributed by atoms with Crippen LogP contribution in [0.1, 0.15) is 6.92 Å². The van der Waals surface area contributed by atoms with Crippen molar-refractivity contribution < 1.29 is 17.2 Å². The Labute approximate surface area is 42.1 Å². The minimum atomic E-state index is -4.17. The molecule has 0 aliphatic carbocycles. The van der Waals surface area contributed by atoms with Crippen molar-refractivity contribution in [3.8, 4) is 0 Å². The molecule has 0 bridgehead atoms. The molecule has 0 fully saturated rings. The molecule has 0 amide bonds. The fourth-order valence-electron chi connectivity index (χ4n) is 0.149. The smallest absolute Gasteiger partial charge is 0.264 e. The Balaban J connectivity index is 3.60. The van der Waals surface area contributed by atoms with Crippen LogP contribution in [0.2, 0.25) is 0 Å². The highest BCUT2D eigenvalue weighted by atomic mass is 32.3. The van der Waals surface area contributed by atoms with Crippen LogP contribution >= 0.6 is 0 Å². The van der Waals surface area contributed by atoms with Crippen LogP contribution in [-0.4, -0.2) is 19.6 Å². The zero-order chi connectivity index (χ0) is 5.91. The molecule has 7 heavy (non-hydrogen) atoms. The molecule has 0 aromatic heterocycles. The van der Waals surface area contributed by atoms with Gasteiger partial charge in [0.15, 0.2) is 0 Å². The number of rotatable bonds is 2. The van der Waals surface area contributed by atoms with Crippen LogP contribution in [0.3, 0.4) is 0 Å². The van der Waals surface area contributed by atoms with E-state index in [4.69, 9.17) is 4.55 Å². The summed E-state index contributed by atoms with van der Waals surface area (Å²) in [6, 6.07) is 0. The molecule has 0 radical (unpaired) electrons. The largest absolute Gasteiger partial charge is 0.397 e. The van der Waals surface area contributed by atoms with Crippen LogP contribution in [0.4, 0.5) is 0 Å². The standard InChI is InChI=1S/C2H6O4S/c1-2-6-7(3,4)5/h2H2,1H3,(H,3,4,5). The molecular weight excluding hydrogens is 120 g/mol. The second-order valence-corrected chi connectivity index (χ2v) is 1.93. The van der Waals surface area contributed by atoms with Crippen LogP contribution in [0.25, 0.3) is 0 Å². The van der Waals surface area contributed by atoms with Gasteiger partial charge in [-0.2, -0.15) is 8.42 Å². The third-order valence-corrected chi connectivity index (χ3v) is 0.800. The van der Waals surface area contributed by atoms with Crippen molar-refractivity contribution in [1.29, 1.82) is 0 Å². The van der Waals surface area contributed by atoms with Crippen molar-refractivity contribution in [2.24, 2.45) is 0 Å². The van der Waals surface area contributed by atoms with Gasteiger partial charge in [-0.25, -0.2) is 4.18 Å². The van der Waals surface area contributed by atoms with Crippen molar-refractivity contribution >= 4 is 10.4 Å². The maximum atomic E-state index is 9.56. The van der Waals surface area contributed by atoms with Gasteiger partial charge in [-0.15, -0.1) is 0 Å². The van der Waals surface area contributed by atoms with Crippen LogP contribution in [0.15, 0.2) is 0 Å². The molecular formula is C2H6O4S. The summed E-state index contributed by atoms with van der Waals surface area (Å²) in [7, 11) is -4.17. The Kier molecular flexibility index (Phi) is 2.21. The van der Waals surface area contributed by atoms with E-state index >= 15 is 0 Å². The third-order valence-electron chi connectivity index (χ3n) is 0.267. The fourth-order valence-corrected chi connectivity index (χ4v) is 0.447. The van der Waals surface area contributed by atoms with Gasteiger partial charge in [-0.1, -0.05) is 0 Å².